The Morgan fingerprint density at radius 2 is 2.10 bits per heavy atom. The average molecular weight is 296 g/mol. The van der Waals surface area contributed by atoms with Crippen LogP contribution in [0.5, 0.6) is 0 Å². The lowest BCUT2D eigenvalue weighted by atomic mass is 10.0. The second kappa shape index (κ2) is 8.78. The van der Waals surface area contributed by atoms with Crippen LogP contribution in [0.3, 0.4) is 0 Å². The van der Waals surface area contributed by atoms with Crippen LogP contribution >= 0.6 is 0 Å². The maximum atomic E-state index is 11.6. The maximum Gasteiger partial charge on any atom is 0.308 e. The molecule has 1 rings (SSSR count). The molecule has 0 aliphatic rings. The Morgan fingerprint density at radius 1 is 1.33 bits per heavy atom. The monoisotopic (exact) mass is 296 g/mol. The van der Waals surface area contributed by atoms with Gasteiger partial charge in [-0.15, -0.1) is 0 Å². The number of aliphatic carboxylic acids is 1. The third kappa shape index (κ3) is 6.11. The second-order valence-electron chi connectivity index (χ2n) is 4.65. The summed E-state index contributed by atoms with van der Waals surface area (Å²) >= 11 is 0. The predicted molar refractivity (Wildman–Crippen MR) is 74.7 cm³/mol. The van der Waals surface area contributed by atoms with Crippen molar-refractivity contribution in [2.24, 2.45) is 5.92 Å². The summed E-state index contributed by atoms with van der Waals surface area (Å²) in [4.78, 5) is 34.0. The van der Waals surface area contributed by atoms with Gasteiger partial charge in [-0.25, -0.2) is 0 Å². The van der Waals surface area contributed by atoms with E-state index in [-0.39, 0.29) is 31.3 Å². The molecule has 0 aliphatic heterocycles. The van der Waals surface area contributed by atoms with E-state index in [9.17, 15) is 14.4 Å². The largest absolute Gasteiger partial charge is 0.481 e. The van der Waals surface area contributed by atoms with Crippen LogP contribution in [0.25, 0.3) is 0 Å². The number of nitrogens with one attached hydrogen (secondary N) is 2. The van der Waals surface area contributed by atoms with E-state index >= 15 is 0 Å². The molecule has 2 amide bonds. The number of amides is 2. The first-order valence-corrected chi connectivity index (χ1v) is 6.84. The lowest BCUT2D eigenvalue weighted by Gasteiger charge is -2.12. The molecule has 7 nitrogen and oxygen atoms in total. The van der Waals surface area contributed by atoms with E-state index in [2.05, 4.69) is 10.6 Å². The summed E-state index contributed by atoms with van der Waals surface area (Å²) in [6.07, 6.45) is 4.07. The van der Waals surface area contributed by atoms with E-state index < -0.39 is 11.9 Å². The van der Waals surface area contributed by atoms with Gasteiger partial charge >= 0.3 is 5.97 Å². The van der Waals surface area contributed by atoms with E-state index in [0.29, 0.717) is 12.0 Å². The zero-order valence-electron chi connectivity index (χ0n) is 11.9. The van der Waals surface area contributed by atoms with Gasteiger partial charge in [-0.05, 0) is 12.5 Å². The summed E-state index contributed by atoms with van der Waals surface area (Å²) in [7, 11) is 0. The van der Waals surface area contributed by atoms with Crippen molar-refractivity contribution in [1.29, 1.82) is 0 Å². The van der Waals surface area contributed by atoms with Crippen molar-refractivity contribution in [3.05, 3.63) is 24.2 Å². The fraction of sp³-hybridized carbons (Fsp3) is 0.500. The Kier molecular flexibility index (Phi) is 7.00. The molecule has 0 aromatic carbocycles. The second-order valence-corrected chi connectivity index (χ2v) is 4.65. The van der Waals surface area contributed by atoms with Crippen LogP contribution in [0.2, 0.25) is 0 Å². The van der Waals surface area contributed by atoms with Crippen molar-refractivity contribution in [1.82, 2.24) is 10.6 Å². The molecule has 1 heterocycles. The first kappa shape index (κ1) is 16.7. The van der Waals surface area contributed by atoms with Gasteiger partial charge in [0.1, 0.15) is 6.26 Å². The van der Waals surface area contributed by atoms with Crippen LogP contribution < -0.4 is 10.6 Å². The molecule has 1 atom stereocenters. The fourth-order valence-electron chi connectivity index (χ4n) is 1.77. The quantitative estimate of drug-likeness (QED) is 0.630. The molecule has 0 aliphatic carbocycles. The summed E-state index contributed by atoms with van der Waals surface area (Å²) in [5, 5.41) is 14.1. The normalized spacial score (nSPS) is 11.7. The van der Waals surface area contributed by atoms with Gasteiger partial charge in [0.2, 0.25) is 5.91 Å². The maximum absolute atomic E-state index is 11.6. The lowest BCUT2D eigenvalue weighted by molar-refractivity contribution is -0.141. The number of carbonyl (C=O) groups is 3. The van der Waals surface area contributed by atoms with Crippen LogP contribution in [-0.4, -0.2) is 36.0 Å². The molecule has 1 aromatic rings. The summed E-state index contributed by atoms with van der Waals surface area (Å²) in [6, 6.07) is 1.53. The van der Waals surface area contributed by atoms with Gasteiger partial charge < -0.3 is 20.2 Å². The first-order valence-electron chi connectivity index (χ1n) is 6.84. The highest BCUT2D eigenvalue weighted by Crippen LogP contribution is 2.05. The van der Waals surface area contributed by atoms with Gasteiger partial charge in [-0.2, -0.15) is 0 Å². The Morgan fingerprint density at radius 3 is 2.67 bits per heavy atom. The first-order chi connectivity index (χ1) is 10.0. The van der Waals surface area contributed by atoms with Crippen LogP contribution in [-0.2, 0) is 9.59 Å². The molecular weight excluding hydrogens is 276 g/mol. The Hall–Kier alpha value is -2.31. The van der Waals surface area contributed by atoms with Gasteiger partial charge in [0.05, 0.1) is 17.7 Å². The molecule has 116 valence electrons. The standard InChI is InChI=1S/C14H20N2O5/c1-2-3-10(14(19)20)8-16-12(17)4-6-15-13(18)11-5-7-21-9-11/h5,7,9-10H,2-4,6,8H2,1H3,(H,15,18)(H,16,17)(H,19,20). The summed E-state index contributed by atoms with van der Waals surface area (Å²) in [5.41, 5.74) is 0.393. The zero-order valence-corrected chi connectivity index (χ0v) is 11.9. The number of rotatable bonds is 9. The SMILES string of the molecule is CCCC(CNC(=O)CCNC(=O)c1ccoc1)C(=O)O. The molecule has 0 bridgehead atoms. The van der Waals surface area contributed by atoms with Crippen molar-refractivity contribution in [2.45, 2.75) is 26.2 Å². The van der Waals surface area contributed by atoms with Crippen molar-refractivity contribution < 1.29 is 23.9 Å². The number of carboxylic acid groups (broad SMARTS) is 1. The molecule has 21 heavy (non-hydrogen) atoms. The van der Waals surface area contributed by atoms with E-state index in [1.165, 1.54) is 18.6 Å². The molecule has 3 N–H and O–H groups in total. The van der Waals surface area contributed by atoms with E-state index in [0.717, 1.165) is 6.42 Å². The molecule has 0 saturated carbocycles. The average Bonchev–Trinajstić information content (AvgIpc) is 2.97. The van der Waals surface area contributed by atoms with Crippen LogP contribution in [0.4, 0.5) is 0 Å². The highest BCUT2D eigenvalue weighted by Gasteiger charge is 2.17. The summed E-state index contributed by atoms with van der Waals surface area (Å²) < 4.78 is 4.78. The smallest absolute Gasteiger partial charge is 0.308 e. The third-order valence-corrected chi connectivity index (χ3v) is 2.95. The molecular formula is C14H20N2O5. The van der Waals surface area contributed by atoms with Crippen LogP contribution in [0.15, 0.2) is 23.0 Å². The summed E-state index contributed by atoms with van der Waals surface area (Å²) in [6.45, 7) is 2.18. The predicted octanol–water partition coefficient (Wildman–Crippen LogP) is 1.02. The molecule has 0 radical (unpaired) electrons. The van der Waals surface area contributed by atoms with Gasteiger partial charge in [-0.1, -0.05) is 13.3 Å². The van der Waals surface area contributed by atoms with Crippen molar-refractivity contribution in [3.63, 3.8) is 0 Å². The Labute approximate surface area is 122 Å². The molecule has 0 fully saturated rings. The number of carboxylic acids is 1. The molecule has 0 saturated heterocycles. The zero-order chi connectivity index (χ0) is 15.7. The fourth-order valence-corrected chi connectivity index (χ4v) is 1.77. The molecule has 0 spiro atoms. The third-order valence-electron chi connectivity index (χ3n) is 2.95. The number of carbonyl (C=O) groups excluding carboxylic acids is 2. The van der Waals surface area contributed by atoms with E-state index in [1.54, 1.807) is 0 Å². The lowest BCUT2D eigenvalue weighted by Crippen LogP contribution is -2.35. The van der Waals surface area contributed by atoms with Gasteiger partial charge in [0.25, 0.3) is 5.91 Å². The van der Waals surface area contributed by atoms with Crippen molar-refractivity contribution in [3.8, 4) is 0 Å². The minimum atomic E-state index is -0.912. The van der Waals surface area contributed by atoms with Gasteiger partial charge in [0.15, 0.2) is 0 Å². The molecule has 7 heteroatoms. The Balaban J connectivity index is 2.22. The van der Waals surface area contributed by atoms with E-state index in [1.807, 2.05) is 6.92 Å². The Bertz CT molecular complexity index is 470. The minimum absolute atomic E-state index is 0.0993. The van der Waals surface area contributed by atoms with Gasteiger partial charge in [0, 0.05) is 19.5 Å². The van der Waals surface area contributed by atoms with E-state index in [4.69, 9.17) is 9.52 Å². The highest BCUT2D eigenvalue weighted by atomic mass is 16.4. The summed E-state index contributed by atoms with van der Waals surface area (Å²) in [5.74, 6) is -2.08. The molecule has 1 unspecified atom stereocenters. The molecule has 1 aromatic heterocycles. The highest BCUT2D eigenvalue weighted by molar-refractivity contribution is 5.94. The number of hydrogen-bond acceptors (Lipinski definition) is 4. The van der Waals surface area contributed by atoms with Crippen molar-refractivity contribution >= 4 is 17.8 Å². The van der Waals surface area contributed by atoms with Crippen molar-refractivity contribution in [2.75, 3.05) is 13.1 Å². The number of furan rings is 1. The number of hydrogen-bond donors (Lipinski definition) is 3. The van der Waals surface area contributed by atoms with Crippen LogP contribution in [0, 0.1) is 5.92 Å². The minimum Gasteiger partial charge on any atom is -0.481 e. The van der Waals surface area contributed by atoms with Crippen LogP contribution in [0.1, 0.15) is 36.5 Å². The van der Waals surface area contributed by atoms with Gasteiger partial charge in [-0.3, -0.25) is 14.4 Å². The topological polar surface area (TPSA) is 109 Å².